The number of fused-ring (bicyclic) bond motifs is 5. The van der Waals surface area contributed by atoms with Crippen LogP contribution in [0.25, 0.3) is 6.08 Å². The summed E-state index contributed by atoms with van der Waals surface area (Å²) in [4.78, 5) is 44.2. The second-order valence-corrected chi connectivity index (χ2v) is 9.41. The molecule has 2 fully saturated rings. The molecule has 0 radical (unpaired) electrons. The van der Waals surface area contributed by atoms with Gasteiger partial charge in [-0.2, -0.15) is 0 Å². The second kappa shape index (κ2) is 7.45. The van der Waals surface area contributed by atoms with Gasteiger partial charge in [-0.3, -0.25) is 19.3 Å². The number of anilines is 1. The number of nitrogens with zero attached hydrogens (tertiary/aromatic N) is 2. The van der Waals surface area contributed by atoms with Crippen molar-refractivity contribution in [2.24, 2.45) is 11.8 Å². The van der Waals surface area contributed by atoms with Crippen LogP contribution in [0.1, 0.15) is 36.2 Å². The van der Waals surface area contributed by atoms with E-state index in [1.165, 1.54) is 4.90 Å². The fourth-order valence-corrected chi connectivity index (χ4v) is 5.64. The van der Waals surface area contributed by atoms with E-state index in [0.717, 1.165) is 15.7 Å². The van der Waals surface area contributed by atoms with Crippen molar-refractivity contribution in [1.82, 2.24) is 4.90 Å². The van der Waals surface area contributed by atoms with Crippen molar-refractivity contribution < 1.29 is 14.4 Å². The van der Waals surface area contributed by atoms with Gasteiger partial charge < -0.3 is 4.90 Å². The van der Waals surface area contributed by atoms with Crippen LogP contribution in [0.15, 0.2) is 59.1 Å². The van der Waals surface area contributed by atoms with Crippen LogP contribution < -0.4 is 4.90 Å². The van der Waals surface area contributed by atoms with Gasteiger partial charge in [-0.05, 0) is 37.1 Å². The molecule has 0 bridgehead atoms. The van der Waals surface area contributed by atoms with Crippen LogP contribution in [0.3, 0.4) is 0 Å². The largest absolute Gasteiger partial charge is 0.352 e. The van der Waals surface area contributed by atoms with E-state index in [2.05, 4.69) is 15.9 Å². The monoisotopic (exact) mass is 478 g/mol. The quantitative estimate of drug-likeness (QED) is 0.485. The van der Waals surface area contributed by atoms with E-state index in [1.54, 1.807) is 12.1 Å². The Bertz CT molecular complexity index is 1110. The number of rotatable bonds is 4. The van der Waals surface area contributed by atoms with Gasteiger partial charge in [0.15, 0.2) is 5.78 Å². The molecule has 0 N–H and O–H groups in total. The number of imide groups is 1. The molecule has 0 spiro atoms. The Balaban J connectivity index is 1.66. The van der Waals surface area contributed by atoms with Gasteiger partial charge in [0.25, 0.3) is 0 Å². The summed E-state index contributed by atoms with van der Waals surface area (Å²) in [6, 6.07) is 13.7. The number of hydrogen-bond acceptors (Lipinski definition) is 4. The fraction of sp³-hybridized carbons (Fsp3) is 0.320. The first kappa shape index (κ1) is 20.2. The molecule has 5 nitrogen and oxygen atoms in total. The van der Waals surface area contributed by atoms with E-state index in [4.69, 9.17) is 0 Å². The van der Waals surface area contributed by atoms with Gasteiger partial charge in [0.05, 0.1) is 17.9 Å². The molecule has 2 aromatic rings. The lowest BCUT2D eigenvalue weighted by Gasteiger charge is -2.37. The predicted octanol–water partition coefficient (Wildman–Crippen LogP) is 4.32. The number of ketones is 1. The van der Waals surface area contributed by atoms with Crippen molar-refractivity contribution in [2.45, 2.75) is 38.4 Å². The molecule has 2 amide bonds. The minimum absolute atomic E-state index is 0.116. The first-order valence-electron chi connectivity index (χ1n) is 10.7. The first-order chi connectivity index (χ1) is 14.9. The van der Waals surface area contributed by atoms with Crippen LogP contribution in [-0.2, 0) is 9.59 Å². The second-order valence-electron chi connectivity index (χ2n) is 8.49. The zero-order valence-corrected chi connectivity index (χ0v) is 19.0. The molecule has 5 atom stereocenters. The van der Waals surface area contributed by atoms with Crippen LogP contribution >= 0.6 is 15.9 Å². The van der Waals surface area contributed by atoms with Crippen molar-refractivity contribution >= 4 is 45.3 Å². The highest BCUT2D eigenvalue weighted by atomic mass is 79.9. The summed E-state index contributed by atoms with van der Waals surface area (Å²) in [5, 5.41) is 0. The lowest BCUT2D eigenvalue weighted by Crippen LogP contribution is -2.50. The van der Waals surface area contributed by atoms with Gasteiger partial charge in [-0.25, -0.2) is 0 Å². The van der Waals surface area contributed by atoms with Gasteiger partial charge >= 0.3 is 0 Å². The third kappa shape index (κ3) is 2.92. The van der Waals surface area contributed by atoms with E-state index in [9.17, 15) is 14.4 Å². The van der Waals surface area contributed by atoms with Crippen LogP contribution in [0.2, 0.25) is 0 Å². The van der Waals surface area contributed by atoms with Crippen molar-refractivity contribution in [3.05, 3.63) is 70.2 Å². The summed E-state index contributed by atoms with van der Waals surface area (Å²) < 4.78 is 0.940. The van der Waals surface area contributed by atoms with E-state index in [1.807, 2.05) is 67.3 Å². The molecular weight excluding hydrogens is 456 g/mol. The summed E-state index contributed by atoms with van der Waals surface area (Å²) in [6.07, 6.45) is 4.67. The summed E-state index contributed by atoms with van der Waals surface area (Å²) in [7, 11) is 0. The van der Waals surface area contributed by atoms with Crippen LogP contribution in [0, 0.1) is 11.8 Å². The molecule has 0 unspecified atom stereocenters. The highest BCUT2D eigenvalue weighted by molar-refractivity contribution is 9.10. The Kier molecular flexibility index (Phi) is 4.85. The average molecular weight is 479 g/mol. The van der Waals surface area contributed by atoms with Gasteiger partial charge in [0.1, 0.15) is 6.04 Å². The van der Waals surface area contributed by atoms with Gasteiger partial charge in [-0.1, -0.05) is 65.3 Å². The third-order valence-corrected chi connectivity index (χ3v) is 7.35. The van der Waals surface area contributed by atoms with Crippen molar-refractivity contribution in [2.75, 3.05) is 4.90 Å². The molecule has 3 aliphatic rings. The highest BCUT2D eigenvalue weighted by Gasteiger charge is 2.64. The van der Waals surface area contributed by atoms with Gasteiger partial charge in [0, 0.05) is 21.8 Å². The Labute approximate surface area is 189 Å². The molecule has 3 heterocycles. The number of Topliss-reactive ketones (excluding diaryl/α,β-unsaturated/α-hetero) is 1. The van der Waals surface area contributed by atoms with E-state index in [0.29, 0.717) is 12.0 Å². The number of benzene rings is 2. The SMILES string of the molecule is CC[C@H](C)N1C(=O)[C@@H]2[C@H](C1=O)[C@H](C(=O)c1ccccc1)N1c3ccc(Br)cc3C=C[C@H]21. The number of carbonyl (C=O) groups is 3. The Morgan fingerprint density at radius 1 is 1.06 bits per heavy atom. The molecule has 0 saturated carbocycles. The number of halogens is 1. The Morgan fingerprint density at radius 2 is 1.77 bits per heavy atom. The third-order valence-electron chi connectivity index (χ3n) is 6.86. The number of likely N-dealkylation sites (tertiary alicyclic amines) is 1. The molecule has 3 aliphatic heterocycles. The average Bonchev–Trinajstić information content (AvgIpc) is 3.26. The molecule has 2 saturated heterocycles. The number of amides is 2. The minimum Gasteiger partial charge on any atom is -0.352 e. The maximum atomic E-state index is 13.8. The molecular formula is C25H23BrN2O3. The molecule has 158 valence electrons. The van der Waals surface area contributed by atoms with Crippen molar-refractivity contribution in [1.29, 1.82) is 0 Å². The fourth-order valence-electron chi connectivity index (χ4n) is 5.26. The molecule has 6 heteroatoms. The first-order valence-corrected chi connectivity index (χ1v) is 11.5. The van der Waals surface area contributed by atoms with Crippen molar-refractivity contribution in [3.8, 4) is 0 Å². The van der Waals surface area contributed by atoms with E-state index >= 15 is 0 Å². The Morgan fingerprint density at radius 3 is 2.48 bits per heavy atom. The topological polar surface area (TPSA) is 57.7 Å². The highest BCUT2D eigenvalue weighted by Crippen LogP contribution is 2.49. The zero-order valence-electron chi connectivity index (χ0n) is 17.4. The van der Waals surface area contributed by atoms with E-state index < -0.39 is 17.9 Å². The summed E-state index contributed by atoms with van der Waals surface area (Å²) >= 11 is 3.51. The summed E-state index contributed by atoms with van der Waals surface area (Å²) in [5.41, 5.74) is 2.41. The zero-order chi connectivity index (χ0) is 21.9. The normalized spacial score (nSPS) is 27.2. The van der Waals surface area contributed by atoms with Crippen LogP contribution in [0.4, 0.5) is 5.69 Å². The lowest BCUT2D eigenvalue weighted by molar-refractivity contribution is -0.142. The molecule has 0 aliphatic carbocycles. The number of carbonyl (C=O) groups excluding carboxylic acids is 3. The molecule has 5 rings (SSSR count). The Hall–Kier alpha value is -2.73. The van der Waals surface area contributed by atoms with Gasteiger partial charge in [-0.15, -0.1) is 0 Å². The lowest BCUT2D eigenvalue weighted by atomic mass is 9.86. The van der Waals surface area contributed by atoms with Crippen LogP contribution in [-0.4, -0.2) is 40.6 Å². The maximum absolute atomic E-state index is 13.8. The maximum Gasteiger partial charge on any atom is 0.236 e. The summed E-state index contributed by atoms with van der Waals surface area (Å²) in [5.74, 6) is -1.73. The van der Waals surface area contributed by atoms with Crippen LogP contribution in [0.5, 0.6) is 0 Å². The predicted molar refractivity (Wildman–Crippen MR) is 123 cm³/mol. The minimum atomic E-state index is -0.715. The standard InChI is InChI=1S/C25H23BrN2O3/c1-3-14(2)27-24(30)20-19-11-9-16-13-17(26)10-12-18(16)28(19)22(21(20)25(27)31)23(29)15-7-5-4-6-8-15/h4-14,19-22H,3H2,1-2H3/t14-,19+,20-,21-,22+/m0/s1. The number of hydrogen-bond donors (Lipinski definition) is 0. The molecule has 2 aromatic carbocycles. The molecule has 0 aromatic heterocycles. The summed E-state index contributed by atoms with van der Waals surface area (Å²) in [6.45, 7) is 3.86. The van der Waals surface area contributed by atoms with Crippen molar-refractivity contribution in [3.63, 3.8) is 0 Å². The van der Waals surface area contributed by atoms with E-state index in [-0.39, 0.29) is 29.7 Å². The molecule has 31 heavy (non-hydrogen) atoms. The van der Waals surface area contributed by atoms with Gasteiger partial charge in [0.2, 0.25) is 11.8 Å². The smallest absolute Gasteiger partial charge is 0.236 e.